The number of amides is 1. The Morgan fingerprint density at radius 3 is 2.75 bits per heavy atom. The predicted octanol–water partition coefficient (Wildman–Crippen LogP) is 2.16. The van der Waals surface area contributed by atoms with E-state index in [1.54, 1.807) is 18.0 Å². The van der Waals surface area contributed by atoms with Crippen LogP contribution in [-0.2, 0) is 11.3 Å². The number of carbonyl (C=O) groups excluding carboxylic acids is 1. The molecule has 1 amide bonds. The average molecular weight is 273 g/mol. The van der Waals surface area contributed by atoms with E-state index in [1.165, 1.54) is 0 Å². The molecule has 0 aliphatic heterocycles. The number of nitrogens with one attached hydrogen (secondary N) is 1. The van der Waals surface area contributed by atoms with E-state index in [1.807, 2.05) is 43.5 Å². The summed E-state index contributed by atoms with van der Waals surface area (Å²) in [4.78, 5) is 11.9. The van der Waals surface area contributed by atoms with Crippen LogP contribution in [0.4, 0.5) is 0 Å². The minimum atomic E-state index is 0.0174. The van der Waals surface area contributed by atoms with Crippen LogP contribution in [-0.4, -0.2) is 22.8 Å². The average Bonchev–Trinajstić information content (AvgIpc) is 3.00. The van der Waals surface area contributed by atoms with Crippen molar-refractivity contribution in [2.75, 3.05) is 7.11 Å². The maximum Gasteiger partial charge on any atom is 0.222 e. The van der Waals surface area contributed by atoms with Crippen LogP contribution >= 0.6 is 0 Å². The first kappa shape index (κ1) is 14.1. The maximum absolute atomic E-state index is 11.9. The van der Waals surface area contributed by atoms with E-state index in [2.05, 4.69) is 10.4 Å². The number of rotatable bonds is 6. The van der Waals surface area contributed by atoms with Gasteiger partial charge in [0.2, 0.25) is 5.91 Å². The van der Waals surface area contributed by atoms with Crippen LogP contribution in [0.1, 0.15) is 24.9 Å². The number of hydrogen-bond donors (Lipinski definition) is 1. The van der Waals surface area contributed by atoms with Crippen molar-refractivity contribution in [2.45, 2.75) is 25.9 Å². The third kappa shape index (κ3) is 3.85. The Hall–Kier alpha value is -2.30. The molecule has 1 heterocycles. The molecule has 0 bridgehead atoms. The van der Waals surface area contributed by atoms with Crippen molar-refractivity contribution in [2.24, 2.45) is 0 Å². The number of benzene rings is 1. The highest BCUT2D eigenvalue weighted by atomic mass is 16.5. The lowest BCUT2D eigenvalue weighted by molar-refractivity contribution is -0.122. The fourth-order valence-electron chi connectivity index (χ4n) is 1.92. The van der Waals surface area contributed by atoms with Crippen LogP contribution in [0, 0.1) is 0 Å². The zero-order valence-corrected chi connectivity index (χ0v) is 11.7. The van der Waals surface area contributed by atoms with Gasteiger partial charge in [-0.05, 0) is 30.7 Å². The number of aromatic nitrogens is 2. The van der Waals surface area contributed by atoms with Crippen molar-refractivity contribution in [3.05, 3.63) is 48.3 Å². The van der Waals surface area contributed by atoms with Crippen LogP contribution in [0.5, 0.6) is 5.75 Å². The summed E-state index contributed by atoms with van der Waals surface area (Å²) in [6, 6.07) is 9.56. The van der Waals surface area contributed by atoms with Crippen molar-refractivity contribution in [3.8, 4) is 5.75 Å². The first-order valence-corrected chi connectivity index (χ1v) is 6.58. The molecule has 0 aliphatic rings. The highest BCUT2D eigenvalue weighted by molar-refractivity contribution is 5.76. The molecule has 2 aromatic rings. The highest BCUT2D eigenvalue weighted by Gasteiger charge is 2.10. The molecule has 2 rings (SSSR count). The van der Waals surface area contributed by atoms with Crippen molar-refractivity contribution in [1.29, 1.82) is 0 Å². The summed E-state index contributed by atoms with van der Waals surface area (Å²) in [6.45, 7) is 2.49. The lowest BCUT2D eigenvalue weighted by Gasteiger charge is -2.12. The Morgan fingerprint density at radius 2 is 2.15 bits per heavy atom. The van der Waals surface area contributed by atoms with E-state index in [0.717, 1.165) is 11.3 Å². The smallest absolute Gasteiger partial charge is 0.222 e. The van der Waals surface area contributed by atoms with E-state index < -0.39 is 0 Å². The molecule has 1 atom stereocenters. The molecule has 5 heteroatoms. The van der Waals surface area contributed by atoms with Gasteiger partial charge in [-0.1, -0.05) is 12.1 Å². The standard InChI is InChI=1S/C15H19N3O2/c1-12(18-9-3-8-17-18)10-15(19)16-11-13-4-6-14(20-2)7-5-13/h3-9,12H,10-11H2,1-2H3,(H,16,19)/t12-/m0/s1. The zero-order valence-electron chi connectivity index (χ0n) is 11.7. The minimum absolute atomic E-state index is 0.0174. The molecule has 20 heavy (non-hydrogen) atoms. The second kappa shape index (κ2) is 6.75. The van der Waals surface area contributed by atoms with Crippen LogP contribution in [0.2, 0.25) is 0 Å². The van der Waals surface area contributed by atoms with Gasteiger partial charge in [-0.15, -0.1) is 0 Å². The Bertz CT molecular complexity index is 535. The first-order chi connectivity index (χ1) is 9.69. The lowest BCUT2D eigenvalue weighted by Crippen LogP contribution is -2.25. The van der Waals surface area contributed by atoms with E-state index >= 15 is 0 Å². The Labute approximate surface area is 118 Å². The van der Waals surface area contributed by atoms with Crippen molar-refractivity contribution >= 4 is 5.91 Å². The summed E-state index contributed by atoms with van der Waals surface area (Å²) in [5.41, 5.74) is 1.05. The van der Waals surface area contributed by atoms with Crippen LogP contribution in [0.25, 0.3) is 0 Å². The summed E-state index contributed by atoms with van der Waals surface area (Å²) >= 11 is 0. The van der Waals surface area contributed by atoms with Gasteiger partial charge >= 0.3 is 0 Å². The molecule has 0 fully saturated rings. The normalized spacial score (nSPS) is 11.9. The number of nitrogens with zero attached hydrogens (tertiary/aromatic N) is 2. The molecule has 0 saturated heterocycles. The van der Waals surface area contributed by atoms with Gasteiger partial charge < -0.3 is 10.1 Å². The monoisotopic (exact) mass is 273 g/mol. The highest BCUT2D eigenvalue weighted by Crippen LogP contribution is 2.12. The Kier molecular flexibility index (Phi) is 4.76. The van der Waals surface area contributed by atoms with Gasteiger partial charge in [0, 0.05) is 25.4 Å². The number of carbonyl (C=O) groups is 1. The van der Waals surface area contributed by atoms with E-state index in [-0.39, 0.29) is 11.9 Å². The molecule has 0 aliphatic carbocycles. The van der Waals surface area contributed by atoms with Gasteiger partial charge in [-0.2, -0.15) is 5.10 Å². The molecule has 1 aromatic heterocycles. The number of hydrogen-bond acceptors (Lipinski definition) is 3. The molecule has 0 radical (unpaired) electrons. The molecule has 0 unspecified atom stereocenters. The summed E-state index contributed by atoms with van der Waals surface area (Å²) in [7, 11) is 1.63. The van der Waals surface area contributed by atoms with Crippen molar-refractivity contribution < 1.29 is 9.53 Å². The second-order valence-corrected chi connectivity index (χ2v) is 4.66. The fourth-order valence-corrected chi connectivity index (χ4v) is 1.92. The van der Waals surface area contributed by atoms with Gasteiger partial charge in [-0.25, -0.2) is 0 Å². The maximum atomic E-state index is 11.9. The molecular weight excluding hydrogens is 254 g/mol. The van der Waals surface area contributed by atoms with Gasteiger partial charge in [0.15, 0.2) is 0 Å². The van der Waals surface area contributed by atoms with E-state index in [4.69, 9.17) is 4.74 Å². The predicted molar refractivity (Wildman–Crippen MR) is 76.4 cm³/mol. The topological polar surface area (TPSA) is 56.1 Å². The first-order valence-electron chi connectivity index (χ1n) is 6.58. The fraction of sp³-hybridized carbons (Fsp3) is 0.333. The number of ether oxygens (including phenoxy) is 1. The van der Waals surface area contributed by atoms with Crippen LogP contribution < -0.4 is 10.1 Å². The summed E-state index contributed by atoms with van der Waals surface area (Å²) in [5, 5.41) is 7.04. The van der Waals surface area contributed by atoms with Gasteiger partial charge in [0.25, 0.3) is 0 Å². The molecule has 0 saturated carbocycles. The molecule has 106 valence electrons. The summed E-state index contributed by atoms with van der Waals surface area (Å²) < 4.78 is 6.88. The zero-order chi connectivity index (χ0) is 14.4. The minimum Gasteiger partial charge on any atom is -0.497 e. The largest absolute Gasteiger partial charge is 0.497 e. The summed E-state index contributed by atoms with van der Waals surface area (Å²) in [6.07, 6.45) is 3.99. The summed E-state index contributed by atoms with van der Waals surface area (Å²) in [5.74, 6) is 0.830. The quantitative estimate of drug-likeness (QED) is 0.877. The SMILES string of the molecule is COc1ccc(CNC(=O)C[C@H](C)n2cccn2)cc1. The van der Waals surface area contributed by atoms with Gasteiger partial charge in [-0.3, -0.25) is 9.48 Å². The van der Waals surface area contributed by atoms with Crippen LogP contribution in [0.3, 0.4) is 0 Å². The Balaban J connectivity index is 1.79. The number of methoxy groups -OCH3 is 1. The molecule has 1 N–H and O–H groups in total. The molecular formula is C15H19N3O2. The van der Waals surface area contributed by atoms with E-state index in [0.29, 0.717) is 13.0 Å². The van der Waals surface area contributed by atoms with Crippen molar-refractivity contribution in [3.63, 3.8) is 0 Å². The lowest BCUT2D eigenvalue weighted by atomic mass is 10.2. The second-order valence-electron chi connectivity index (χ2n) is 4.66. The molecule has 1 aromatic carbocycles. The Morgan fingerprint density at radius 1 is 1.40 bits per heavy atom. The molecule has 5 nitrogen and oxygen atoms in total. The third-order valence-corrected chi connectivity index (χ3v) is 3.11. The van der Waals surface area contributed by atoms with E-state index in [9.17, 15) is 4.79 Å². The van der Waals surface area contributed by atoms with Crippen molar-refractivity contribution in [1.82, 2.24) is 15.1 Å². The van der Waals surface area contributed by atoms with Gasteiger partial charge in [0.05, 0.1) is 13.2 Å². The van der Waals surface area contributed by atoms with Crippen LogP contribution in [0.15, 0.2) is 42.7 Å². The third-order valence-electron chi connectivity index (χ3n) is 3.11. The molecule has 0 spiro atoms. The van der Waals surface area contributed by atoms with Gasteiger partial charge in [0.1, 0.15) is 5.75 Å².